The molecule has 1 fully saturated rings. The summed E-state index contributed by atoms with van der Waals surface area (Å²) in [5.74, 6) is 0. The van der Waals surface area contributed by atoms with Crippen molar-refractivity contribution in [3.8, 4) is 0 Å². The molecule has 1 aliphatic rings. The van der Waals surface area contributed by atoms with E-state index >= 15 is 0 Å². The van der Waals surface area contributed by atoms with Crippen molar-refractivity contribution in [1.29, 1.82) is 0 Å². The average Bonchev–Trinajstić information content (AvgIpc) is 2.22. The SMILES string of the molecule is Cc1ccc(CN2CCN[C@H](C)C2)c(C)c1.Cl.Cl. The topological polar surface area (TPSA) is 15.3 Å². The molecule has 0 aromatic heterocycles. The molecule has 1 aromatic rings. The second-order valence-electron chi connectivity index (χ2n) is 5.02. The Labute approximate surface area is 123 Å². The molecule has 1 aliphatic heterocycles. The number of nitrogens with zero attached hydrogens (tertiary/aromatic N) is 1. The highest BCUT2D eigenvalue weighted by molar-refractivity contribution is 5.85. The zero-order valence-corrected chi connectivity index (χ0v) is 13.0. The van der Waals surface area contributed by atoms with Crippen molar-refractivity contribution in [2.75, 3.05) is 19.6 Å². The third-order valence-corrected chi connectivity index (χ3v) is 3.34. The number of nitrogens with one attached hydrogen (secondary N) is 1. The number of halogens is 2. The molecule has 1 heterocycles. The molecule has 0 aliphatic carbocycles. The molecule has 18 heavy (non-hydrogen) atoms. The molecule has 1 N–H and O–H groups in total. The van der Waals surface area contributed by atoms with Crippen molar-refractivity contribution in [1.82, 2.24) is 10.2 Å². The van der Waals surface area contributed by atoms with E-state index in [9.17, 15) is 0 Å². The summed E-state index contributed by atoms with van der Waals surface area (Å²) in [6, 6.07) is 7.39. The highest BCUT2D eigenvalue weighted by Gasteiger charge is 2.15. The number of hydrogen-bond acceptors (Lipinski definition) is 2. The van der Waals surface area contributed by atoms with Crippen LogP contribution in [0.25, 0.3) is 0 Å². The first kappa shape index (κ1) is 17.7. The van der Waals surface area contributed by atoms with Crippen molar-refractivity contribution < 1.29 is 0 Å². The van der Waals surface area contributed by atoms with E-state index < -0.39 is 0 Å². The molecule has 1 saturated heterocycles. The predicted octanol–water partition coefficient (Wildman–Crippen LogP) is 2.94. The summed E-state index contributed by atoms with van der Waals surface area (Å²) in [6.45, 7) is 11.2. The summed E-state index contributed by atoms with van der Waals surface area (Å²) in [5.41, 5.74) is 4.25. The molecule has 0 amide bonds. The Hall–Kier alpha value is -0.280. The number of benzene rings is 1. The number of rotatable bonds is 2. The summed E-state index contributed by atoms with van der Waals surface area (Å²) in [7, 11) is 0. The number of piperazine rings is 1. The largest absolute Gasteiger partial charge is 0.312 e. The van der Waals surface area contributed by atoms with Gasteiger partial charge in [-0.2, -0.15) is 0 Å². The van der Waals surface area contributed by atoms with Gasteiger partial charge in [-0.05, 0) is 31.9 Å². The van der Waals surface area contributed by atoms with Crippen molar-refractivity contribution in [2.45, 2.75) is 33.4 Å². The van der Waals surface area contributed by atoms with Gasteiger partial charge in [0.25, 0.3) is 0 Å². The standard InChI is InChI=1S/C14H22N2.2ClH/c1-11-4-5-14(12(2)8-11)10-16-7-6-15-13(3)9-16;;/h4-5,8,13,15H,6-7,9-10H2,1-3H3;2*1H/t13-;;/m1../s1. The molecule has 0 unspecified atom stereocenters. The van der Waals surface area contributed by atoms with Gasteiger partial charge in [0.1, 0.15) is 0 Å². The fourth-order valence-electron chi connectivity index (χ4n) is 2.42. The highest BCUT2D eigenvalue weighted by Crippen LogP contribution is 2.14. The van der Waals surface area contributed by atoms with Gasteiger partial charge < -0.3 is 5.32 Å². The van der Waals surface area contributed by atoms with Gasteiger partial charge in [0.15, 0.2) is 0 Å². The maximum atomic E-state index is 3.48. The van der Waals surface area contributed by atoms with Crippen molar-refractivity contribution in [3.05, 3.63) is 34.9 Å². The van der Waals surface area contributed by atoms with Crippen LogP contribution in [0.3, 0.4) is 0 Å². The first-order valence-corrected chi connectivity index (χ1v) is 6.17. The van der Waals surface area contributed by atoms with Crippen LogP contribution in [0.4, 0.5) is 0 Å². The van der Waals surface area contributed by atoms with E-state index in [4.69, 9.17) is 0 Å². The molecule has 0 radical (unpaired) electrons. The minimum Gasteiger partial charge on any atom is -0.312 e. The Morgan fingerprint density at radius 1 is 1.28 bits per heavy atom. The predicted molar refractivity (Wildman–Crippen MR) is 83.2 cm³/mol. The van der Waals surface area contributed by atoms with Crippen LogP contribution in [-0.2, 0) is 6.54 Å². The van der Waals surface area contributed by atoms with Crippen LogP contribution in [0.15, 0.2) is 18.2 Å². The summed E-state index contributed by atoms with van der Waals surface area (Å²) >= 11 is 0. The van der Waals surface area contributed by atoms with Gasteiger partial charge >= 0.3 is 0 Å². The Kier molecular flexibility index (Phi) is 7.88. The van der Waals surface area contributed by atoms with Gasteiger partial charge in [-0.1, -0.05) is 23.8 Å². The maximum absolute atomic E-state index is 3.48. The van der Waals surface area contributed by atoms with Crippen LogP contribution >= 0.6 is 24.8 Å². The average molecular weight is 291 g/mol. The lowest BCUT2D eigenvalue weighted by Gasteiger charge is -2.32. The molecular formula is C14H24Cl2N2. The molecule has 0 bridgehead atoms. The van der Waals surface area contributed by atoms with E-state index in [1.165, 1.54) is 16.7 Å². The Bertz CT molecular complexity index is 369. The van der Waals surface area contributed by atoms with Gasteiger partial charge in [-0.15, -0.1) is 24.8 Å². The highest BCUT2D eigenvalue weighted by atomic mass is 35.5. The Morgan fingerprint density at radius 3 is 2.61 bits per heavy atom. The lowest BCUT2D eigenvalue weighted by atomic mass is 10.0. The van der Waals surface area contributed by atoms with Crippen LogP contribution in [0.2, 0.25) is 0 Å². The van der Waals surface area contributed by atoms with Gasteiger partial charge in [-0.25, -0.2) is 0 Å². The van der Waals surface area contributed by atoms with E-state index in [2.05, 4.69) is 49.2 Å². The second kappa shape index (κ2) is 8.00. The zero-order valence-electron chi connectivity index (χ0n) is 11.4. The maximum Gasteiger partial charge on any atom is 0.0237 e. The van der Waals surface area contributed by atoms with Gasteiger partial charge in [-0.3, -0.25) is 4.90 Å². The van der Waals surface area contributed by atoms with Crippen molar-refractivity contribution in [3.63, 3.8) is 0 Å². The molecule has 0 spiro atoms. The molecule has 2 rings (SSSR count). The van der Waals surface area contributed by atoms with Crippen molar-refractivity contribution >= 4 is 24.8 Å². The summed E-state index contributed by atoms with van der Waals surface area (Å²) < 4.78 is 0. The fourth-order valence-corrected chi connectivity index (χ4v) is 2.42. The molecular weight excluding hydrogens is 267 g/mol. The van der Waals surface area contributed by atoms with Gasteiger partial charge in [0.2, 0.25) is 0 Å². The van der Waals surface area contributed by atoms with Crippen LogP contribution in [-0.4, -0.2) is 30.6 Å². The monoisotopic (exact) mass is 290 g/mol. The first-order chi connectivity index (χ1) is 7.65. The molecule has 104 valence electrons. The summed E-state index contributed by atoms with van der Waals surface area (Å²) in [4.78, 5) is 2.54. The fraction of sp³-hybridized carbons (Fsp3) is 0.571. The van der Waals surface area contributed by atoms with Crippen LogP contribution < -0.4 is 5.32 Å². The summed E-state index contributed by atoms with van der Waals surface area (Å²) in [6.07, 6.45) is 0. The van der Waals surface area contributed by atoms with Gasteiger partial charge in [0.05, 0.1) is 0 Å². The molecule has 1 aromatic carbocycles. The Morgan fingerprint density at radius 2 is 2.00 bits per heavy atom. The number of aryl methyl sites for hydroxylation is 2. The second-order valence-corrected chi connectivity index (χ2v) is 5.02. The molecule has 4 heteroatoms. The normalized spacial score (nSPS) is 19.8. The third kappa shape index (κ3) is 4.77. The van der Waals surface area contributed by atoms with E-state index in [1.54, 1.807) is 0 Å². The van der Waals surface area contributed by atoms with E-state index in [0.29, 0.717) is 6.04 Å². The quantitative estimate of drug-likeness (QED) is 0.901. The van der Waals surface area contributed by atoms with Gasteiger partial charge in [0, 0.05) is 32.2 Å². The van der Waals surface area contributed by atoms with E-state index in [0.717, 1.165) is 26.2 Å². The minimum absolute atomic E-state index is 0. The lowest BCUT2D eigenvalue weighted by molar-refractivity contribution is 0.199. The van der Waals surface area contributed by atoms with E-state index in [-0.39, 0.29) is 24.8 Å². The first-order valence-electron chi connectivity index (χ1n) is 6.17. The number of hydrogen-bond donors (Lipinski definition) is 1. The van der Waals surface area contributed by atoms with E-state index in [1.807, 2.05) is 0 Å². The smallest absolute Gasteiger partial charge is 0.0237 e. The minimum atomic E-state index is 0. The van der Waals surface area contributed by atoms with Crippen LogP contribution in [0, 0.1) is 13.8 Å². The Balaban J connectivity index is 0.00000144. The van der Waals surface area contributed by atoms with Crippen LogP contribution in [0.5, 0.6) is 0 Å². The van der Waals surface area contributed by atoms with Crippen LogP contribution in [0.1, 0.15) is 23.6 Å². The van der Waals surface area contributed by atoms with Crippen molar-refractivity contribution in [2.24, 2.45) is 0 Å². The molecule has 2 nitrogen and oxygen atoms in total. The molecule has 0 saturated carbocycles. The molecule has 1 atom stereocenters. The lowest BCUT2D eigenvalue weighted by Crippen LogP contribution is -2.48. The summed E-state index contributed by atoms with van der Waals surface area (Å²) in [5, 5.41) is 3.48. The zero-order chi connectivity index (χ0) is 11.5. The third-order valence-electron chi connectivity index (χ3n) is 3.34.